The highest BCUT2D eigenvalue weighted by atomic mass is 35.5. The monoisotopic (exact) mass is 271 g/mol. The molecule has 2 N–H and O–H groups in total. The fraction of sp³-hybridized carbons (Fsp3) is 0.333. The van der Waals surface area contributed by atoms with Gasteiger partial charge in [-0.1, -0.05) is 11.6 Å². The molecule has 0 aliphatic heterocycles. The summed E-state index contributed by atoms with van der Waals surface area (Å²) in [5.74, 6) is -1.29. The van der Waals surface area contributed by atoms with Crippen LogP contribution in [0.25, 0.3) is 0 Å². The minimum atomic E-state index is -0.980. The second kappa shape index (κ2) is 6.26. The van der Waals surface area contributed by atoms with Gasteiger partial charge < -0.3 is 15.2 Å². The van der Waals surface area contributed by atoms with Crippen molar-refractivity contribution in [2.75, 3.05) is 12.3 Å². The number of carbonyl (C=O) groups excluding carboxylic acids is 2. The van der Waals surface area contributed by atoms with E-state index in [2.05, 4.69) is 0 Å². The summed E-state index contributed by atoms with van der Waals surface area (Å²) in [5, 5.41) is 0.177. The number of ether oxygens (including phenoxy) is 2. The normalized spacial score (nSPS) is 11.7. The molecule has 0 radical (unpaired) electrons. The van der Waals surface area contributed by atoms with Crippen LogP contribution in [0.1, 0.15) is 24.2 Å². The molecule has 6 heteroatoms. The molecule has 1 rings (SSSR count). The van der Waals surface area contributed by atoms with Crippen molar-refractivity contribution in [2.24, 2.45) is 0 Å². The van der Waals surface area contributed by atoms with Gasteiger partial charge in [-0.25, -0.2) is 9.59 Å². The molecule has 0 aliphatic rings. The van der Waals surface area contributed by atoms with Crippen LogP contribution in [-0.4, -0.2) is 24.6 Å². The molecule has 0 bridgehead atoms. The topological polar surface area (TPSA) is 78.6 Å². The van der Waals surface area contributed by atoms with Crippen LogP contribution in [0, 0.1) is 0 Å². The zero-order valence-electron chi connectivity index (χ0n) is 10.1. The van der Waals surface area contributed by atoms with E-state index in [-0.39, 0.29) is 17.2 Å². The van der Waals surface area contributed by atoms with Gasteiger partial charge in [-0.05, 0) is 32.0 Å². The van der Waals surface area contributed by atoms with Gasteiger partial charge in [0.25, 0.3) is 0 Å². The first kappa shape index (κ1) is 14.3. The average Bonchev–Trinajstić information content (AvgIpc) is 2.28. The van der Waals surface area contributed by atoms with Crippen LogP contribution in [0.4, 0.5) is 5.69 Å². The molecule has 98 valence electrons. The van der Waals surface area contributed by atoms with Crippen molar-refractivity contribution in [1.82, 2.24) is 0 Å². The van der Waals surface area contributed by atoms with Crippen molar-refractivity contribution < 1.29 is 19.1 Å². The summed E-state index contributed by atoms with van der Waals surface area (Å²) in [6.45, 7) is 3.33. The van der Waals surface area contributed by atoms with Crippen molar-refractivity contribution in [3.05, 3.63) is 28.8 Å². The van der Waals surface area contributed by atoms with Crippen molar-refractivity contribution >= 4 is 29.2 Å². The highest BCUT2D eigenvalue weighted by molar-refractivity contribution is 6.33. The summed E-state index contributed by atoms with van der Waals surface area (Å²) in [6.07, 6.45) is -0.980. The van der Waals surface area contributed by atoms with Crippen molar-refractivity contribution in [3.8, 4) is 0 Å². The predicted octanol–water partition coefficient (Wildman–Crippen LogP) is 2.03. The Bertz CT molecular complexity index is 461. The van der Waals surface area contributed by atoms with E-state index >= 15 is 0 Å². The standard InChI is InChI=1S/C12H14ClNO4/c1-3-17-11(15)7(2)18-12(16)9-5-4-8(14)6-10(9)13/h4-7H,3,14H2,1-2H3. The summed E-state index contributed by atoms with van der Waals surface area (Å²) < 4.78 is 9.65. The molecule has 1 aromatic carbocycles. The molecule has 0 aliphatic carbocycles. The average molecular weight is 272 g/mol. The lowest BCUT2D eigenvalue weighted by Crippen LogP contribution is -2.26. The minimum Gasteiger partial charge on any atom is -0.463 e. The van der Waals surface area contributed by atoms with Gasteiger partial charge in [-0.2, -0.15) is 0 Å². The van der Waals surface area contributed by atoms with Gasteiger partial charge in [0.1, 0.15) is 0 Å². The highest BCUT2D eigenvalue weighted by Crippen LogP contribution is 2.20. The molecule has 0 heterocycles. The molecule has 1 atom stereocenters. The van der Waals surface area contributed by atoms with E-state index in [0.717, 1.165) is 0 Å². The second-order valence-electron chi connectivity index (χ2n) is 3.54. The summed E-state index contributed by atoms with van der Waals surface area (Å²) in [6, 6.07) is 4.41. The first-order valence-corrected chi connectivity index (χ1v) is 5.76. The van der Waals surface area contributed by atoms with E-state index in [9.17, 15) is 9.59 Å². The number of nitrogen functional groups attached to an aromatic ring is 1. The van der Waals surface area contributed by atoms with E-state index < -0.39 is 18.0 Å². The van der Waals surface area contributed by atoms with Gasteiger partial charge in [0, 0.05) is 5.69 Å². The smallest absolute Gasteiger partial charge is 0.347 e. The number of carbonyl (C=O) groups is 2. The largest absolute Gasteiger partial charge is 0.463 e. The molecule has 0 spiro atoms. The zero-order valence-corrected chi connectivity index (χ0v) is 10.9. The maximum absolute atomic E-state index is 11.7. The quantitative estimate of drug-likeness (QED) is 0.670. The summed E-state index contributed by atoms with van der Waals surface area (Å²) in [7, 11) is 0. The van der Waals surface area contributed by atoms with Crippen molar-refractivity contribution in [3.63, 3.8) is 0 Å². The third-order valence-electron chi connectivity index (χ3n) is 2.12. The van der Waals surface area contributed by atoms with E-state index in [1.54, 1.807) is 6.92 Å². The maximum atomic E-state index is 11.7. The Labute approximate surface area is 110 Å². The molecule has 0 aromatic heterocycles. The number of rotatable bonds is 4. The van der Waals surface area contributed by atoms with Gasteiger partial charge in [0.15, 0.2) is 6.10 Å². The number of hydrogen-bond donors (Lipinski definition) is 1. The summed E-state index contributed by atoms with van der Waals surface area (Å²) >= 11 is 5.85. The van der Waals surface area contributed by atoms with Gasteiger partial charge in [-0.15, -0.1) is 0 Å². The Balaban J connectivity index is 2.73. The van der Waals surface area contributed by atoms with Crippen LogP contribution in [-0.2, 0) is 14.3 Å². The maximum Gasteiger partial charge on any atom is 0.347 e. The lowest BCUT2D eigenvalue weighted by molar-refractivity contribution is -0.152. The summed E-state index contributed by atoms with van der Waals surface area (Å²) in [5.41, 5.74) is 6.10. The van der Waals surface area contributed by atoms with Crippen LogP contribution in [0.15, 0.2) is 18.2 Å². The fourth-order valence-electron chi connectivity index (χ4n) is 1.23. The highest BCUT2D eigenvalue weighted by Gasteiger charge is 2.21. The third kappa shape index (κ3) is 3.63. The molecule has 1 unspecified atom stereocenters. The van der Waals surface area contributed by atoms with Gasteiger partial charge in [-0.3, -0.25) is 0 Å². The van der Waals surface area contributed by atoms with E-state index in [0.29, 0.717) is 5.69 Å². The number of halogens is 1. The van der Waals surface area contributed by atoms with Gasteiger partial charge in [0.2, 0.25) is 0 Å². The van der Waals surface area contributed by atoms with Crippen LogP contribution >= 0.6 is 11.6 Å². The molecular formula is C12H14ClNO4. The van der Waals surface area contributed by atoms with Crippen LogP contribution in [0.3, 0.4) is 0 Å². The van der Waals surface area contributed by atoms with Crippen LogP contribution in [0.2, 0.25) is 5.02 Å². The Hall–Kier alpha value is -1.75. The molecule has 0 saturated heterocycles. The van der Waals surface area contributed by atoms with E-state index in [1.165, 1.54) is 25.1 Å². The zero-order chi connectivity index (χ0) is 13.7. The number of hydrogen-bond acceptors (Lipinski definition) is 5. The third-order valence-corrected chi connectivity index (χ3v) is 2.43. The Morgan fingerprint density at radius 2 is 2.11 bits per heavy atom. The lowest BCUT2D eigenvalue weighted by Gasteiger charge is -2.12. The van der Waals surface area contributed by atoms with Crippen molar-refractivity contribution in [1.29, 1.82) is 0 Å². The van der Waals surface area contributed by atoms with E-state index in [1.807, 2.05) is 0 Å². The molecule has 18 heavy (non-hydrogen) atoms. The molecule has 1 aromatic rings. The number of benzene rings is 1. The number of esters is 2. The lowest BCUT2D eigenvalue weighted by atomic mass is 10.2. The predicted molar refractivity (Wildman–Crippen MR) is 67.4 cm³/mol. The SMILES string of the molecule is CCOC(=O)C(C)OC(=O)c1ccc(N)cc1Cl. The second-order valence-corrected chi connectivity index (χ2v) is 3.95. The number of nitrogens with two attached hydrogens (primary N) is 1. The van der Waals surface area contributed by atoms with Crippen LogP contribution < -0.4 is 5.73 Å². The molecule has 0 saturated carbocycles. The van der Waals surface area contributed by atoms with E-state index in [4.69, 9.17) is 26.8 Å². The Kier molecular flexibility index (Phi) is 4.97. The molecular weight excluding hydrogens is 258 g/mol. The first-order valence-electron chi connectivity index (χ1n) is 5.38. The summed E-state index contributed by atoms with van der Waals surface area (Å²) in [4.78, 5) is 23.0. The first-order chi connectivity index (χ1) is 8.45. The number of anilines is 1. The Morgan fingerprint density at radius 1 is 1.44 bits per heavy atom. The minimum absolute atomic E-state index is 0.155. The molecule has 0 fully saturated rings. The van der Waals surface area contributed by atoms with Crippen molar-refractivity contribution in [2.45, 2.75) is 20.0 Å². The fourth-order valence-corrected chi connectivity index (χ4v) is 1.49. The molecule has 0 amide bonds. The van der Waals surface area contributed by atoms with Gasteiger partial charge in [0.05, 0.1) is 17.2 Å². The van der Waals surface area contributed by atoms with Gasteiger partial charge >= 0.3 is 11.9 Å². The van der Waals surface area contributed by atoms with Crippen LogP contribution in [0.5, 0.6) is 0 Å². The molecule has 5 nitrogen and oxygen atoms in total. The Morgan fingerprint density at radius 3 is 2.67 bits per heavy atom.